The molecular weight excluding hydrogens is 206 g/mol. The molecule has 15 heavy (non-hydrogen) atoms. The van der Waals surface area contributed by atoms with Gasteiger partial charge in [0.1, 0.15) is 0 Å². The van der Waals surface area contributed by atoms with E-state index in [4.69, 9.17) is 6.42 Å². The van der Waals surface area contributed by atoms with Crippen molar-refractivity contribution in [3.63, 3.8) is 0 Å². The number of anilines is 1. The average molecular weight is 219 g/mol. The highest BCUT2D eigenvalue weighted by molar-refractivity contribution is 8.00. The van der Waals surface area contributed by atoms with Crippen molar-refractivity contribution in [2.24, 2.45) is 0 Å². The first-order valence-electron chi connectivity index (χ1n) is 4.60. The van der Waals surface area contributed by atoms with Gasteiger partial charge in [0.25, 0.3) is 0 Å². The summed E-state index contributed by atoms with van der Waals surface area (Å²) in [5, 5.41) is 2.81. The summed E-state index contributed by atoms with van der Waals surface area (Å²) < 4.78 is 0. The molecule has 2 nitrogen and oxygen atoms in total. The van der Waals surface area contributed by atoms with Gasteiger partial charge in [-0.2, -0.15) is 0 Å². The molecule has 0 saturated carbocycles. The Morgan fingerprint density at radius 3 is 3.07 bits per heavy atom. The lowest BCUT2D eigenvalue weighted by Gasteiger charge is -2.04. The van der Waals surface area contributed by atoms with Crippen molar-refractivity contribution in [1.29, 1.82) is 0 Å². The zero-order valence-corrected chi connectivity index (χ0v) is 9.43. The molecule has 78 valence electrons. The predicted molar refractivity (Wildman–Crippen MR) is 66.0 cm³/mol. The van der Waals surface area contributed by atoms with Gasteiger partial charge in [0.2, 0.25) is 5.91 Å². The number of nitrogens with one attached hydrogen (secondary N) is 1. The number of hydrogen-bond donors (Lipinski definition) is 1. The van der Waals surface area contributed by atoms with Gasteiger partial charge in [-0.05, 0) is 24.6 Å². The normalized spacial score (nSPS) is 9.33. The Balaban J connectivity index is 2.42. The van der Waals surface area contributed by atoms with E-state index in [0.29, 0.717) is 11.5 Å². The number of amides is 1. The second-order valence-electron chi connectivity index (χ2n) is 3.11. The van der Waals surface area contributed by atoms with Crippen LogP contribution in [0.5, 0.6) is 0 Å². The lowest BCUT2D eigenvalue weighted by Crippen LogP contribution is -2.14. The van der Waals surface area contributed by atoms with Crippen molar-refractivity contribution in [2.75, 3.05) is 16.8 Å². The summed E-state index contributed by atoms with van der Waals surface area (Å²) in [5.41, 5.74) is 1.96. The molecule has 1 rings (SSSR count). The Morgan fingerprint density at radius 2 is 2.40 bits per heavy atom. The van der Waals surface area contributed by atoms with Gasteiger partial charge in [0.05, 0.1) is 11.5 Å². The molecule has 0 aromatic heterocycles. The van der Waals surface area contributed by atoms with Gasteiger partial charge in [-0.3, -0.25) is 4.79 Å². The first-order chi connectivity index (χ1) is 7.22. The Bertz CT molecular complexity index is 381. The monoisotopic (exact) mass is 219 g/mol. The van der Waals surface area contributed by atoms with Crippen molar-refractivity contribution in [1.82, 2.24) is 0 Å². The smallest absolute Gasteiger partial charge is 0.234 e. The van der Waals surface area contributed by atoms with Crippen LogP contribution in [-0.4, -0.2) is 17.4 Å². The van der Waals surface area contributed by atoms with E-state index in [9.17, 15) is 4.79 Å². The van der Waals surface area contributed by atoms with Crippen LogP contribution in [0, 0.1) is 19.3 Å². The third-order valence-electron chi connectivity index (χ3n) is 1.72. The number of rotatable bonds is 4. The summed E-state index contributed by atoms with van der Waals surface area (Å²) >= 11 is 1.44. The molecule has 0 bridgehead atoms. The standard InChI is InChI=1S/C12H13NOS/c1-3-7-15-9-12(14)13-11-6-4-5-10(2)8-11/h1,4-6,8H,7,9H2,2H3,(H,13,14). The number of terminal acetylenes is 1. The highest BCUT2D eigenvalue weighted by atomic mass is 32.2. The largest absolute Gasteiger partial charge is 0.325 e. The summed E-state index contributed by atoms with van der Waals surface area (Å²) in [5.74, 6) is 3.44. The van der Waals surface area contributed by atoms with Crippen molar-refractivity contribution in [3.05, 3.63) is 29.8 Å². The molecule has 0 aliphatic heterocycles. The lowest BCUT2D eigenvalue weighted by atomic mass is 10.2. The summed E-state index contributed by atoms with van der Waals surface area (Å²) in [6.07, 6.45) is 5.08. The van der Waals surface area contributed by atoms with Crippen LogP contribution in [0.3, 0.4) is 0 Å². The highest BCUT2D eigenvalue weighted by Gasteiger charge is 2.01. The van der Waals surface area contributed by atoms with Crippen LogP contribution in [0.4, 0.5) is 5.69 Å². The average Bonchev–Trinajstić information content (AvgIpc) is 2.18. The SMILES string of the molecule is C#CCSCC(=O)Nc1cccc(C)c1. The van der Waals surface area contributed by atoms with Crippen molar-refractivity contribution in [2.45, 2.75) is 6.92 Å². The van der Waals surface area contributed by atoms with Gasteiger partial charge in [-0.15, -0.1) is 18.2 Å². The fourth-order valence-corrected chi connectivity index (χ4v) is 1.60. The van der Waals surface area contributed by atoms with Gasteiger partial charge in [-0.25, -0.2) is 0 Å². The number of benzene rings is 1. The summed E-state index contributed by atoms with van der Waals surface area (Å²) in [6, 6.07) is 7.71. The maximum atomic E-state index is 11.4. The topological polar surface area (TPSA) is 29.1 Å². The van der Waals surface area contributed by atoms with E-state index < -0.39 is 0 Å². The third kappa shape index (κ3) is 4.57. The molecule has 0 radical (unpaired) electrons. The Kier molecular flexibility index (Phi) is 4.79. The fraction of sp³-hybridized carbons (Fsp3) is 0.250. The second kappa shape index (κ2) is 6.15. The zero-order valence-electron chi connectivity index (χ0n) is 8.62. The van der Waals surface area contributed by atoms with E-state index in [2.05, 4.69) is 11.2 Å². The number of carbonyl (C=O) groups excluding carboxylic acids is 1. The maximum Gasteiger partial charge on any atom is 0.234 e. The Morgan fingerprint density at radius 1 is 1.60 bits per heavy atom. The molecule has 1 aromatic rings. The zero-order chi connectivity index (χ0) is 11.1. The predicted octanol–water partition coefficient (Wildman–Crippen LogP) is 2.30. The lowest BCUT2D eigenvalue weighted by molar-refractivity contribution is -0.113. The molecule has 0 spiro atoms. The van der Waals surface area contributed by atoms with Gasteiger partial charge in [-0.1, -0.05) is 18.1 Å². The number of thioether (sulfide) groups is 1. The first kappa shape index (κ1) is 11.7. The van der Waals surface area contributed by atoms with E-state index >= 15 is 0 Å². The number of carbonyl (C=O) groups is 1. The molecule has 0 saturated heterocycles. The first-order valence-corrected chi connectivity index (χ1v) is 5.75. The van der Waals surface area contributed by atoms with Crippen LogP contribution in [0.1, 0.15) is 5.56 Å². The van der Waals surface area contributed by atoms with Crippen LogP contribution < -0.4 is 5.32 Å². The van der Waals surface area contributed by atoms with E-state index in [0.717, 1.165) is 11.3 Å². The third-order valence-corrected chi connectivity index (χ3v) is 2.56. The van der Waals surface area contributed by atoms with Crippen LogP contribution in [0.25, 0.3) is 0 Å². The number of hydrogen-bond acceptors (Lipinski definition) is 2. The van der Waals surface area contributed by atoms with Crippen LogP contribution in [-0.2, 0) is 4.79 Å². The minimum Gasteiger partial charge on any atom is -0.325 e. The Labute approximate surface area is 94.5 Å². The fourth-order valence-electron chi connectivity index (χ4n) is 1.12. The van der Waals surface area contributed by atoms with Gasteiger partial charge in [0, 0.05) is 5.69 Å². The molecule has 0 fully saturated rings. The van der Waals surface area contributed by atoms with E-state index in [1.165, 1.54) is 11.8 Å². The molecule has 0 aliphatic rings. The van der Waals surface area contributed by atoms with Crippen molar-refractivity contribution in [3.8, 4) is 12.3 Å². The molecule has 1 amide bonds. The summed E-state index contributed by atoms with van der Waals surface area (Å²) in [6.45, 7) is 1.99. The van der Waals surface area contributed by atoms with Crippen molar-refractivity contribution < 1.29 is 4.79 Å². The van der Waals surface area contributed by atoms with Gasteiger partial charge >= 0.3 is 0 Å². The van der Waals surface area contributed by atoms with E-state index in [1.807, 2.05) is 31.2 Å². The molecule has 1 N–H and O–H groups in total. The van der Waals surface area contributed by atoms with Crippen LogP contribution in [0.2, 0.25) is 0 Å². The van der Waals surface area contributed by atoms with E-state index in [1.54, 1.807) is 0 Å². The van der Waals surface area contributed by atoms with Gasteiger partial charge < -0.3 is 5.32 Å². The molecule has 0 heterocycles. The number of aryl methyl sites for hydroxylation is 1. The Hall–Kier alpha value is -1.40. The van der Waals surface area contributed by atoms with Crippen LogP contribution in [0.15, 0.2) is 24.3 Å². The summed E-state index contributed by atoms with van der Waals surface area (Å²) in [7, 11) is 0. The van der Waals surface area contributed by atoms with Crippen LogP contribution >= 0.6 is 11.8 Å². The molecule has 0 unspecified atom stereocenters. The highest BCUT2D eigenvalue weighted by Crippen LogP contribution is 2.10. The van der Waals surface area contributed by atoms with Gasteiger partial charge in [0.15, 0.2) is 0 Å². The van der Waals surface area contributed by atoms with E-state index in [-0.39, 0.29) is 5.91 Å². The van der Waals surface area contributed by atoms with Crippen molar-refractivity contribution >= 4 is 23.4 Å². The molecule has 1 aromatic carbocycles. The minimum atomic E-state index is -0.0131. The molecule has 3 heteroatoms. The summed E-state index contributed by atoms with van der Waals surface area (Å²) in [4.78, 5) is 11.4. The quantitative estimate of drug-likeness (QED) is 0.622. The molecular formula is C12H13NOS. The maximum absolute atomic E-state index is 11.4. The molecule has 0 atom stereocenters. The molecule has 0 aliphatic carbocycles. The second-order valence-corrected chi connectivity index (χ2v) is 4.10. The minimum absolute atomic E-state index is 0.0131.